The molecule has 0 aromatic rings. The van der Waals surface area contributed by atoms with E-state index in [1.807, 2.05) is 0 Å². The van der Waals surface area contributed by atoms with Crippen LogP contribution >= 0.6 is 0 Å². The number of rotatable bonds is 12. The van der Waals surface area contributed by atoms with Crippen molar-refractivity contribution in [3.63, 3.8) is 0 Å². The molecule has 0 saturated heterocycles. The summed E-state index contributed by atoms with van der Waals surface area (Å²) in [6.07, 6.45) is 10.0. The summed E-state index contributed by atoms with van der Waals surface area (Å²) in [6, 6.07) is 0. The van der Waals surface area contributed by atoms with Crippen molar-refractivity contribution in [1.29, 1.82) is 0 Å². The van der Waals surface area contributed by atoms with E-state index in [-0.39, 0.29) is 6.42 Å². The summed E-state index contributed by atoms with van der Waals surface area (Å²) < 4.78 is 61.3. The number of unbranched alkanes of at least 4 members (excludes halogenated alkanes) is 8. The van der Waals surface area contributed by atoms with Gasteiger partial charge in [-0.25, -0.2) is 0 Å². The third-order valence-corrected chi connectivity index (χ3v) is 3.44. The quantitative estimate of drug-likeness (QED) is 0.253. The highest BCUT2D eigenvalue weighted by Crippen LogP contribution is 2.10. The topological polar surface area (TPSA) is 170 Å². The maximum absolute atomic E-state index is 10.9. The smallest absolute Gasteiger partial charge is 0.325 e. The van der Waals surface area contributed by atoms with Crippen LogP contribution in [0.5, 0.6) is 0 Å². The maximum Gasteiger partial charge on any atom is 0.448 e. The van der Waals surface area contributed by atoms with Crippen molar-refractivity contribution in [3.8, 4) is 0 Å². The first-order valence-electron chi connectivity index (χ1n) is 7.57. The molecule has 0 aliphatic carbocycles. The van der Waals surface area contributed by atoms with E-state index in [1.165, 1.54) is 32.1 Å². The maximum atomic E-state index is 10.9. The van der Waals surface area contributed by atoms with Crippen molar-refractivity contribution in [2.24, 2.45) is 5.90 Å². The van der Waals surface area contributed by atoms with E-state index in [9.17, 15) is 21.6 Å². The Balaban J connectivity index is 0. The van der Waals surface area contributed by atoms with Gasteiger partial charge in [-0.3, -0.25) is 13.9 Å². The number of hydrogen-bond acceptors (Lipinski definition) is 8. The molecule has 0 radical (unpaired) electrons. The van der Waals surface area contributed by atoms with E-state index in [4.69, 9.17) is 9.11 Å². The summed E-state index contributed by atoms with van der Waals surface area (Å²) in [6.45, 7) is 2.19. The Bertz CT molecular complexity index is 517. The number of nitrogens with two attached hydrogens (primary N) is 1. The molecule has 0 fully saturated rings. The molecule has 4 N–H and O–H groups in total. The molecule has 0 rings (SSSR count). The molecule has 0 aliphatic heterocycles. The second-order valence-electron chi connectivity index (χ2n) is 4.99. The van der Waals surface area contributed by atoms with Crippen LogP contribution in [0, 0.1) is 0 Å². The lowest BCUT2D eigenvalue weighted by Gasteiger charge is -2.02. The van der Waals surface area contributed by atoms with E-state index in [0.29, 0.717) is 6.42 Å². The molecule has 12 heteroatoms. The molecule has 0 aliphatic rings. The van der Waals surface area contributed by atoms with Crippen LogP contribution in [0.3, 0.4) is 0 Å². The van der Waals surface area contributed by atoms with Gasteiger partial charge in [-0.15, -0.1) is 0 Å². The summed E-state index contributed by atoms with van der Waals surface area (Å²) in [5.41, 5.74) is 0. The minimum absolute atomic E-state index is 0.0373. The molecule has 0 aromatic carbocycles. The molecule has 0 saturated carbocycles. The average Bonchev–Trinajstić information content (AvgIpc) is 2.43. The largest absolute Gasteiger partial charge is 0.448 e. The van der Waals surface area contributed by atoms with E-state index >= 15 is 0 Å². The summed E-state index contributed by atoms with van der Waals surface area (Å²) >= 11 is 0. The van der Waals surface area contributed by atoms with E-state index in [1.54, 1.807) is 0 Å². The van der Waals surface area contributed by atoms with Gasteiger partial charge < -0.3 is 4.18 Å². The zero-order valence-electron chi connectivity index (χ0n) is 13.7. The Labute approximate surface area is 143 Å². The van der Waals surface area contributed by atoms with Gasteiger partial charge in [0.25, 0.3) is 0 Å². The lowest BCUT2D eigenvalue weighted by molar-refractivity contribution is -0.134. The molecule has 146 valence electrons. The average molecular weight is 393 g/mol. The van der Waals surface area contributed by atoms with Crippen molar-refractivity contribution >= 4 is 26.8 Å². The van der Waals surface area contributed by atoms with Gasteiger partial charge in [0.2, 0.25) is 0 Å². The summed E-state index contributed by atoms with van der Waals surface area (Å²) in [4.78, 5) is 10.9. The molecule has 0 amide bonds. The fourth-order valence-electron chi connectivity index (χ4n) is 1.74. The van der Waals surface area contributed by atoms with Crippen LogP contribution in [0.2, 0.25) is 0 Å². The molecule has 0 bridgehead atoms. The Morgan fingerprint density at radius 2 is 1.21 bits per heavy atom. The number of carbonyl (C=O) groups excluding carboxylic acids is 1. The minimum Gasteiger partial charge on any atom is -0.325 e. The summed E-state index contributed by atoms with van der Waals surface area (Å²) in [7, 11) is -9.02. The zero-order chi connectivity index (χ0) is 19.1. The third kappa shape index (κ3) is 26.1. The Morgan fingerprint density at radius 1 is 0.833 bits per heavy atom. The monoisotopic (exact) mass is 393 g/mol. The molecular formula is C12H27NO9S2. The molecule has 0 spiro atoms. The van der Waals surface area contributed by atoms with Gasteiger partial charge in [-0.05, 0) is 6.42 Å². The molecule has 10 nitrogen and oxygen atoms in total. The minimum atomic E-state index is -4.63. The Kier molecular flexibility index (Phi) is 15.4. The van der Waals surface area contributed by atoms with Crippen molar-refractivity contribution < 1.29 is 39.2 Å². The van der Waals surface area contributed by atoms with Crippen LogP contribution in [-0.4, -0.2) is 31.9 Å². The lowest BCUT2D eigenvalue weighted by Crippen LogP contribution is -2.11. The van der Waals surface area contributed by atoms with Gasteiger partial charge in [0.15, 0.2) is 0 Å². The highest BCUT2D eigenvalue weighted by atomic mass is 32.3. The van der Waals surface area contributed by atoms with Crippen LogP contribution in [0.25, 0.3) is 0 Å². The molecular weight excluding hydrogens is 366 g/mol. The van der Waals surface area contributed by atoms with Gasteiger partial charge in [0.05, 0.1) is 0 Å². The highest BCUT2D eigenvalue weighted by molar-refractivity contribution is 7.81. The Hall–Kier alpha value is -0.790. The van der Waals surface area contributed by atoms with Crippen LogP contribution in [0.1, 0.15) is 71.1 Å². The molecule has 0 aromatic heterocycles. The van der Waals surface area contributed by atoms with Gasteiger partial charge >= 0.3 is 26.8 Å². The SMILES string of the molecule is CCCCCCCCCCCC(=O)OS(=O)(=O)O.NOS(=O)(=O)O. The van der Waals surface area contributed by atoms with E-state index < -0.39 is 26.8 Å². The molecule has 24 heavy (non-hydrogen) atoms. The lowest BCUT2D eigenvalue weighted by atomic mass is 10.1. The molecule has 0 atom stereocenters. The molecule has 0 unspecified atom stereocenters. The van der Waals surface area contributed by atoms with E-state index in [0.717, 1.165) is 19.3 Å². The normalized spacial score (nSPS) is 11.5. The van der Waals surface area contributed by atoms with Crippen LogP contribution in [0.4, 0.5) is 0 Å². The van der Waals surface area contributed by atoms with Gasteiger partial charge in [-0.2, -0.15) is 27.0 Å². The first-order valence-corrected chi connectivity index (χ1v) is 10.3. The van der Waals surface area contributed by atoms with Crippen LogP contribution in [-0.2, 0) is 34.1 Å². The summed E-state index contributed by atoms with van der Waals surface area (Å²) in [5.74, 6) is 3.08. The second-order valence-corrected chi connectivity index (χ2v) is 7.06. The number of hydrogen-bond donors (Lipinski definition) is 3. The standard InChI is InChI=1S/C12H24O5S.H3NO4S/c1-2-3-4-5-6-7-8-9-10-11-12(13)17-18(14,15)16;1-5-6(2,3)4/h2-11H2,1H3,(H,14,15,16);1H2,(H,2,3,4). The fraction of sp³-hybridized carbons (Fsp3) is 0.917. The second kappa shape index (κ2) is 14.5. The summed E-state index contributed by atoms with van der Waals surface area (Å²) in [5, 5.41) is 0. The predicted octanol–water partition coefficient (Wildman–Crippen LogP) is 1.93. The van der Waals surface area contributed by atoms with Crippen molar-refractivity contribution in [3.05, 3.63) is 0 Å². The van der Waals surface area contributed by atoms with Crippen molar-refractivity contribution in [1.82, 2.24) is 0 Å². The van der Waals surface area contributed by atoms with Crippen molar-refractivity contribution in [2.75, 3.05) is 0 Å². The van der Waals surface area contributed by atoms with Crippen LogP contribution < -0.4 is 5.90 Å². The van der Waals surface area contributed by atoms with Crippen LogP contribution in [0.15, 0.2) is 0 Å². The molecule has 0 heterocycles. The van der Waals surface area contributed by atoms with Gasteiger partial charge in [0, 0.05) is 6.42 Å². The fourth-order valence-corrected chi connectivity index (χ4v) is 2.06. The van der Waals surface area contributed by atoms with Gasteiger partial charge in [0.1, 0.15) is 0 Å². The Morgan fingerprint density at radius 3 is 1.54 bits per heavy atom. The zero-order valence-corrected chi connectivity index (χ0v) is 15.4. The van der Waals surface area contributed by atoms with E-state index in [2.05, 4.69) is 21.3 Å². The number of carbonyl (C=O) groups is 1. The predicted molar refractivity (Wildman–Crippen MR) is 86.3 cm³/mol. The van der Waals surface area contributed by atoms with Gasteiger partial charge in [-0.1, -0.05) is 58.3 Å². The highest BCUT2D eigenvalue weighted by Gasteiger charge is 2.12. The first kappa shape index (κ1) is 25.5. The third-order valence-electron chi connectivity index (χ3n) is 2.80. The van der Waals surface area contributed by atoms with Crippen molar-refractivity contribution in [2.45, 2.75) is 71.1 Å². The first-order chi connectivity index (χ1) is 11.0.